The standard InChI is InChI=1S/C9H12N2O2/c1-7(11(13)9(10)12)8-5-3-2-4-6-8/h2-7,13H,1H3,(H2,10,12)/t7-/m0/s1. The second-order valence-electron chi connectivity index (χ2n) is 2.77. The van der Waals surface area contributed by atoms with Crippen LogP contribution in [0.2, 0.25) is 0 Å². The van der Waals surface area contributed by atoms with Crippen LogP contribution >= 0.6 is 0 Å². The fraction of sp³-hybridized carbons (Fsp3) is 0.222. The van der Waals surface area contributed by atoms with Crippen molar-refractivity contribution in [3.63, 3.8) is 0 Å². The van der Waals surface area contributed by atoms with Gasteiger partial charge in [0.1, 0.15) is 0 Å². The van der Waals surface area contributed by atoms with Crippen LogP contribution in [0.3, 0.4) is 0 Å². The summed E-state index contributed by atoms with van der Waals surface area (Å²) in [6, 6.07) is 7.90. The highest BCUT2D eigenvalue weighted by atomic mass is 16.5. The van der Waals surface area contributed by atoms with Crippen molar-refractivity contribution in [2.75, 3.05) is 0 Å². The predicted octanol–water partition coefficient (Wildman–Crippen LogP) is 1.52. The van der Waals surface area contributed by atoms with E-state index in [0.29, 0.717) is 5.06 Å². The molecular weight excluding hydrogens is 168 g/mol. The predicted molar refractivity (Wildman–Crippen MR) is 48.1 cm³/mol. The number of hydrogen-bond acceptors (Lipinski definition) is 2. The minimum atomic E-state index is -0.851. The summed E-state index contributed by atoms with van der Waals surface area (Å²) in [5.74, 6) is 0. The van der Waals surface area contributed by atoms with Gasteiger partial charge in [0.2, 0.25) is 0 Å². The first-order valence-corrected chi connectivity index (χ1v) is 3.95. The first-order valence-electron chi connectivity index (χ1n) is 3.95. The van der Waals surface area contributed by atoms with E-state index >= 15 is 0 Å². The Morgan fingerprint density at radius 2 is 2.00 bits per heavy atom. The molecule has 0 saturated heterocycles. The number of carbonyl (C=O) groups excluding carboxylic acids is 1. The Hall–Kier alpha value is -1.55. The molecular formula is C9H12N2O2. The maximum atomic E-state index is 10.6. The molecule has 4 heteroatoms. The molecule has 0 fully saturated rings. The van der Waals surface area contributed by atoms with Crippen molar-refractivity contribution in [1.29, 1.82) is 0 Å². The number of carbonyl (C=O) groups is 1. The Balaban J connectivity index is 2.79. The van der Waals surface area contributed by atoms with E-state index in [1.165, 1.54) is 0 Å². The normalized spacial score (nSPS) is 12.2. The van der Waals surface area contributed by atoms with Crippen LogP contribution in [0.4, 0.5) is 4.79 Å². The van der Waals surface area contributed by atoms with Crippen molar-refractivity contribution in [2.24, 2.45) is 5.73 Å². The maximum absolute atomic E-state index is 10.6. The van der Waals surface area contributed by atoms with E-state index in [1.807, 2.05) is 30.3 Å². The van der Waals surface area contributed by atoms with Crippen molar-refractivity contribution < 1.29 is 10.0 Å². The van der Waals surface area contributed by atoms with E-state index < -0.39 is 12.1 Å². The monoisotopic (exact) mass is 180 g/mol. The van der Waals surface area contributed by atoms with Gasteiger partial charge in [-0.15, -0.1) is 0 Å². The third kappa shape index (κ3) is 2.19. The summed E-state index contributed by atoms with van der Waals surface area (Å²) in [5, 5.41) is 9.72. The molecule has 2 amide bonds. The van der Waals surface area contributed by atoms with Gasteiger partial charge < -0.3 is 5.73 Å². The van der Waals surface area contributed by atoms with Crippen LogP contribution in [-0.4, -0.2) is 16.3 Å². The molecule has 0 bridgehead atoms. The minimum absolute atomic E-state index is 0.418. The van der Waals surface area contributed by atoms with Gasteiger partial charge >= 0.3 is 6.03 Å². The van der Waals surface area contributed by atoms with Crippen molar-refractivity contribution >= 4 is 6.03 Å². The zero-order valence-electron chi connectivity index (χ0n) is 7.34. The van der Waals surface area contributed by atoms with E-state index in [9.17, 15) is 10.0 Å². The lowest BCUT2D eigenvalue weighted by molar-refractivity contribution is -0.0709. The number of nitrogens with zero attached hydrogens (tertiary/aromatic N) is 1. The fourth-order valence-electron chi connectivity index (χ4n) is 1.06. The van der Waals surface area contributed by atoms with Gasteiger partial charge in [-0.2, -0.15) is 5.06 Å². The van der Waals surface area contributed by atoms with Crippen LogP contribution in [0.1, 0.15) is 18.5 Å². The van der Waals surface area contributed by atoms with Crippen LogP contribution in [0.15, 0.2) is 30.3 Å². The summed E-state index contributed by atoms with van der Waals surface area (Å²) in [6.07, 6.45) is 0. The molecule has 0 aliphatic rings. The third-order valence-electron chi connectivity index (χ3n) is 1.87. The topological polar surface area (TPSA) is 66.6 Å². The molecule has 3 N–H and O–H groups in total. The van der Waals surface area contributed by atoms with Gasteiger partial charge in [0.05, 0.1) is 6.04 Å². The summed E-state index contributed by atoms with van der Waals surface area (Å²) >= 11 is 0. The Labute approximate surface area is 76.5 Å². The van der Waals surface area contributed by atoms with Gasteiger partial charge in [-0.3, -0.25) is 5.21 Å². The van der Waals surface area contributed by atoms with Crippen LogP contribution in [-0.2, 0) is 0 Å². The molecule has 0 aliphatic carbocycles. The Bertz CT molecular complexity index is 287. The molecule has 1 atom stereocenters. The molecule has 70 valence electrons. The molecule has 0 unspecified atom stereocenters. The Morgan fingerprint density at radius 3 is 2.46 bits per heavy atom. The third-order valence-corrected chi connectivity index (χ3v) is 1.87. The van der Waals surface area contributed by atoms with E-state index in [-0.39, 0.29) is 0 Å². The van der Waals surface area contributed by atoms with Gasteiger partial charge in [0.15, 0.2) is 0 Å². The van der Waals surface area contributed by atoms with Crippen LogP contribution in [0.5, 0.6) is 0 Å². The van der Waals surface area contributed by atoms with Crippen LogP contribution in [0.25, 0.3) is 0 Å². The van der Waals surface area contributed by atoms with Crippen molar-refractivity contribution in [3.05, 3.63) is 35.9 Å². The molecule has 0 saturated carbocycles. The molecule has 13 heavy (non-hydrogen) atoms. The Morgan fingerprint density at radius 1 is 1.46 bits per heavy atom. The minimum Gasteiger partial charge on any atom is -0.350 e. The molecule has 0 aromatic heterocycles. The average molecular weight is 180 g/mol. The van der Waals surface area contributed by atoms with E-state index in [1.54, 1.807) is 6.92 Å². The molecule has 0 heterocycles. The average Bonchev–Trinajstić information content (AvgIpc) is 2.17. The summed E-state index contributed by atoms with van der Waals surface area (Å²) in [6.45, 7) is 1.69. The van der Waals surface area contributed by atoms with Crippen molar-refractivity contribution in [1.82, 2.24) is 5.06 Å². The number of benzene rings is 1. The van der Waals surface area contributed by atoms with E-state index in [4.69, 9.17) is 5.73 Å². The number of hydrogen-bond donors (Lipinski definition) is 2. The number of rotatable bonds is 2. The molecule has 0 spiro atoms. The molecule has 4 nitrogen and oxygen atoms in total. The lowest BCUT2D eigenvalue weighted by Crippen LogP contribution is -2.34. The summed E-state index contributed by atoms with van der Waals surface area (Å²) < 4.78 is 0. The number of nitrogens with two attached hydrogens (primary N) is 1. The molecule has 1 aromatic rings. The lowest BCUT2D eigenvalue weighted by Gasteiger charge is -2.20. The first kappa shape index (κ1) is 9.54. The number of primary amides is 1. The largest absolute Gasteiger partial charge is 0.350 e. The molecule has 1 aromatic carbocycles. The van der Waals surface area contributed by atoms with Gasteiger partial charge in [-0.05, 0) is 12.5 Å². The highest BCUT2D eigenvalue weighted by molar-refractivity contribution is 5.71. The summed E-state index contributed by atoms with van der Waals surface area (Å²) in [4.78, 5) is 10.6. The summed E-state index contributed by atoms with van der Waals surface area (Å²) in [7, 11) is 0. The lowest BCUT2D eigenvalue weighted by atomic mass is 10.1. The quantitative estimate of drug-likeness (QED) is 0.535. The van der Waals surface area contributed by atoms with Crippen molar-refractivity contribution in [3.8, 4) is 0 Å². The second kappa shape index (κ2) is 3.91. The summed E-state index contributed by atoms with van der Waals surface area (Å²) in [5.41, 5.74) is 5.75. The molecule has 0 aliphatic heterocycles. The SMILES string of the molecule is C[C@@H](c1ccccc1)N(O)C(N)=O. The zero-order chi connectivity index (χ0) is 9.84. The number of urea groups is 1. The zero-order valence-corrected chi connectivity index (χ0v) is 7.34. The smallest absolute Gasteiger partial charge is 0.339 e. The highest BCUT2D eigenvalue weighted by Gasteiger charge is 2.15. The molecule has 0 radical (unpaired) electrons. The van der Waals surface area contributed by atoms with Gasteiger partial charge in [-0.1, -0.05) is 30.3 Å². The number of amides is 2. The van der Waals surface area contributed by atoms with Gasteiger partial charge in [0, 0.05) is 0 Å². The van der Waals surface area contributed by atoms with Crippen LogP contribution in [0, 0.1) is 0 Å². The second-order valence-corrected chi connectivity index (χ2v) is 2.77. The van der Waals surface area contributed by atoms with Gasteiger partial charge in [-0.25, -0.2) is 4.79 Å². The molecule has 1 rings (SSSR count). The van der Waals surface area contributed by atoms with E-state index in [2.05, 4.69) is 0 Å². The Kier molecular flexibility index (Phi) is 2.87. The first-order chi connectivity index (χ1) is 6.13. The highest BCUT2D eigenvalue weighted by Crippen LogP contribution is 2.16. The van der Waals surface area contributed by atoms with Crippen molar-refractivity contribution in [2.45, 2.75) is 13.0 Å². The maximum Gasteiger partial charge on any atom is 0.339 e. The van der Waals surface area contributed by atoms with E-state index in [0.717, 1.165) is 5.56 Å². The van der Waals surface area contributed by atoms with Gasteiger partial charge in [0.25, 0.3) is 0 Å². The van der Waals surface area contributed by atoms with Crippen LogP contribution < -0.4 is 5.73 Å². The number of hydroxylamine groups is 2. The fourth-order valence-corrected chi connectivity index (χ4v) is 1.06.